The van der Waals surface area contributed by atoms with Crippen LogP contribution in [0.1, 0.15) is 16.7 Å². The lowest BCUT2D eigenvalue weighted by Gasteiger charge is -2.33. The van der Waals surface area contributed by atoms with E-state index in [1.54, 1.807) is 12.1 Å². The molecule has 0 aliphatic carbocycles. The Hall–Kier alpha value is -4.05. The number of nitrogens with one attached hydrogen (secondary N) is 1. The second-order valence-electron chi connectivity index (χ2n) is 9.13. The van der Waals surface area contributed by atoms with Crippen molar-refractivity contribution in [2.45, 2.75) is 25.9 Å². The molecule has 0 heterocycles. The van der Waals surface area contributed by atoms with Crippen molar-refractivity contribution in [3.05, 3.63) is 89.5 Å². The monoisotopic (exact) mass is 553 g/mol. The lowest BCUT2D eigenvalue weighted by Crippen LogP contribution is -2.52. The Kier molecular flexibility index (Phi) is 9.95. The van der Waals surface area contributed by atoms with Gasteiger partial charge < -0.3 is 19.7 Å². The first kappa shape index (κ1) is 29.5. The molecule has 0 saturated carbocycles. The zero-order chi connectivity index (χ0) is 28.6. The Morgan fingerprint density at radius 3 is 2.15 bits per heavy atom. The zero-order valence-electron chi connectivity index (χ0n) is 22.9. The second kappa shape index (κ2) is 13.1. The smallest absolute Gasteiger partial charge is 0.244 e. The predicted octanol–water partition coefficient (Wildman–Crippen LogP) is 3.16. The number of hydrogen-bond acceptors (Lipinski definition) is 6. The number of methoxy groups -OCH3 is 2. The highest BCUT2D eigenvalue weighted by atomic mass is 32.2. The lowest BCUT2D eigenvalue weighted by molar-refractivity contribution is -0.139. The summed E-state index contributed by atoms with van der Waals surface area (Å²) in [6, 6.07) is 20.8. The molecule has 0 aliphatic rings. The van der Waals surface area contributed by atoms with E-state index in [9.17, 15) is 18.0 Å². The molecule has 0 aromatic heterocycles. The van der Waals surface area contributed by atoms with E-state index in [1.165, 1.54) is 32.2 Å². The first-order valence-electron chi connectivity index (χ1n) is 12.4. The van der Waals surface area contributed by atoms with Crippen molar-refractivity contribution in [2.24, 2.45) is 0 Å². The quantitative estimate of drug-likeness (QED) is 0.370. The van der Waals surface area contributed by atoms with Crippen LogP contribution in [0.5, 0.6) is 11.5 Å². The number of rotatable bonds is 12. The SMILES string of the molecule is CNC(=O)[C@H](Cc1ccccc1)N(Cc1ccc(C)cc1)C(=O)CN(c1ccc(OC)cc1OC)S(C)(=O)=O. The number of carbonyl (C=O) groups is 2. The van der Waals surface area contributed by atoms with Crippen LogP contribution >= 0.6 is 0 Å². The minimum Gasteiger partial charge on any atom is -0.497 e. The van der Waals surface area contributed by atoms with Crippen LogP contribution in [-0.4, -0.2) is 65.2 Å². The Morgan fingerprint density at radius 1 is 0.923 bits per heavy atom. The van der Waals surface area contributed by atoms with Crippen LogP contribution in [-0.2, 0) is 32.6 Å². The average molecular weight is 554 g/mol. The van der Waals surface area contributed by atoms with E-state index in [1.807, 2.05) is 61.5 Å². The number of carbonyl (C=O) groups excluding carboxylic acids is 2. The summed E-state index contributed by atoms with van der Waals surface area (Å²) < 4.78 is 37.5. The fourth-order valence-corrected chi connectivity index (χ4v) is 5.05. The van der Waals surface area contributed by atoms with E-state index in [0.29, 0.717) is 5.75 Å². The van der Waals surface area contributed by atoms with Crippen LogP contribution in [0.4, 0.5) is 5.69 Å². The van der Waals surface area contributed by atoms with Gasteiger partial charge in [0, 0.05) is 26.1 Å². The van der Waals surface area contributed by atoms with E-state index in [-0.39, 0.29) is 30.3 Å². The minimum atomic E-state index is -3.92. The van der Waals surface area contributed by atoms with Crippen LogP contribution in [0.2, 0.25) is 0 Å². The van der Waals surface area contributed by atoms with Gasteiger partial charge in [-0.2, -0.15) is 0 Å². The Morgan fingerprint density at radius 2 is 1.59 bits per heavy atom. The molecule has 39 heavy (non-hydrogen) atoms. The van der Waals surface area contributed by atoms with E-state index >= 15 is 0 Å². The van der Waals surface area contributed by atoms with Crippen molar-refractivity contribution in [3.8, 4) is 11.5 Å². The van der Waals surface area contributed by atoms with Crippen molar-refractivity contribution in [2.75, 3.05) is 38.4 Å². The Labute approximate surface area is 230 Å². The van der Waals surface area contributed by atoms with E-state index in [4.69, 9.17) is 9.47 Å². The number of anilines is 1. The highest BCUT2D eigenvalue weighted by Crippen LogP contribution is 2.33. The molecule has 1 atom stereocenters. The standard InChI is InChI=1S/C29H35N3O6S/c1-21-11-13-23(14-12-21)19-31(26(29(34)30-2)17-22-9-7-6-8-10-22)28(33)20-32(39(5,35)36)25-16-15-24(37-3)18-27(25)38-4/h6-16,18,26H,17,19-20H2,1-5H3,(H,30,34)/t26-/m0/s1. The number of benzene rings is 3. The summed E-state index contributed by atoms with van der Waals surface area (Å²) >= 11 is 0. The van der Waals surface area contributed by atoms with Crippen molar-refractivity contribution in [1.29, 1.82) is 0 Å². The van der Waals surface area contributed by atoms with Gasteiger partial charge in [-0.1, -0.05) is 60.2 Å². The zero-order valence-corrected chi connectivity index (χ0v) is 23.7. The largest absolute Gasteiger partial charge is 0.497 e. The maximum absolute atomic E-state index is 14.0. The van der Waals surface area contributed by atoms with Crippen molar-refractivity contribution in [3.63, 3.8) is 0 Å². The number of hydrogen-bond donors (Lipinski definition) is 1. The van der Waals surface area contributed by atoms with Crippen molar-refractivity contribution in [1.82, 2.24) is 10.2 Å². The summed E-state index contributed by atoms with van der Waals surface area (Å²) in [5.41, 5.74) is 2.91. The van der Waals surface area contributed by atoms with Crippen molar-refractivity contribution < 1.29 is 27.5 Å². The molecular weight excluding hydrogens is 518 g/mol. The lowest BCUT2D eigenvalue weighted by atomic mass is 10.0. The molecule has 0 saturated heterocycles. The fraction of sp³-hybridized carbons (Fsp3) is 0.310. The van der Waals surface area contributed by atoms with E-state index in [2.05, 4.69) is 5.32 Å². The number of sulfonamides is 1. The molecule has 0 radical (unpaired) electrons. The first-order chi connectivity index (χ1) is 18.6. The van der Waals surface area contributed by atoms with Crippen LogP contribution in [0.15, 0.2) is 72.8 Å². The van der Waals surface area contributed by atoms with Gasteiger partial charge >= 0.3 is 0 Å². The van der Waals surface area contributed by atoms with E-state index in [0.717, 1.165) is 27.3 Å². The molecule has 3 rings (SSSR count). The van der Waals surface area contributed by atoms with Gasteiger partial charge in [0.1, 0.15) is 24.1 Å². The van der Waals surface area contributed by atoms with Crippen LogP contribution in [0, 0.1) is 6.92 Å². The Bertz CT molecular complexity index is 1380. The molecular formula is C29H35N3O6S. The molecule has 0 unspecified atom stereocenters. The normalized spacial score (nSPS) is 11.8. The Balaban J connectivity index is 2.06. The topological polar surface area (TPSA) is 105 Å². The number of nitrogens with zero attached hydrogens (tertiary/aromatic N) is 2. The molecule has 3 aromatic rings. The minimum absolute atomic E-state index is 0.112. The van der Waals surface area contributed by atoms with Crippen LogP contribution in [0.25, 0.3) is 0 Å². The highest BCUT2D eigenvalue weighted by Gasteiger charge is 2.33. The summed E-state index contributed by atoms with van der Waals surface area (Å²) in [4.78, 5) is 28.6. The van der Waals surface area contributed by atoms with Gasteiger partial charge in [-0.05, 0) is 30.2 Å². The molecule has 3 aromatic carbocycles. The van der Waals surface area contributed by atoms with Gasteiger partial charge in [-0.25, -0.2) is 8.42 Å². The molecule has 208 valence electrons. The van der Waals surface area contributed by atoms with E-state index < -0.39 is 28.5 Å². The fourth-order valence-electron chi connectivity index (χ4n) is 4.20. The molecule has 0 fully saturated rings. The maximum atomic E-state index is 14.0. The number of likely N-dealkylation sites (N-methyl/N-ethyl adjacent to an activating group) is 1. The summed E-state index contributed by atoms with van der Waals surface area (Å²) in [5, 5.41) is 2.66. The van der Waals surface area contributed by atoms with Crippen LogP contribution < -0.4 is 19.1 Å². The molecule has 0 spiro atoms. The van der Waals surface area contributed by atoms with Gasteiger partial charge in [-0.15, -0.1) is 0 Å². The average Bonchev–Trinajstić information content (AvgIpc) is 2.93. The molecule has 10 heteroatoms. The molecule has 9 nitrogen and oxygen atoms in total. The van der Waals surface area contributed by atoms with Gasteiger partial charge in [0.2, 0.25) is 21.8 Å². The third-order valence-electron chi connectivity index (χ3n) is 6.33. The third kappa shape index (κ3) is 7.73. The molecule has 1 N–H and O–H groups in total. The number of aryl methyl sites for hydroxylation is 1. The summed E-state index contributed by atoms with van der Waals surface area (Å²) in [5.74, 6) is -0.195. The number of ether oxygens (including phenoxy) is 2. The number of amides is 2. The van der Waals surface area contributed by atoms with Gasteiger partial charge in [0.15, 0.2) is 0 Å². The van der Waals surface area contributed by atoms with Crippen molar-refractivity contribution >= 4 is 27.5 Å². The molecule has 2 amide bonds. The third-order valence-corrected chi connectivity index (χ3v) is 7.45. The van der Waals surface area contributed by atoms with Gasteiger partial charge in [0.25, 0.3) is 0 Å². The van der Waals surface area contributed by atoms with Gasteiger partial charge in [-0.3, -0.25) is 13.9 Å². The maximum Gasteiger partial charge on any atom is 0.244 e. The molecule has 0 bridgehead atoms. The second-order valence-corrected chi connectivity index (χ2v) is 11.0. The summed E-state index contributed by atoms with van der Waals surface area (Å²) in [6.45, 7) is 1.54. The summed E-state index contributed by atoms with van der Waals surface area (Å²) in [6.07, 6.45) is 1.28. The first-order valence-corrected chi connectivity index (χ1v) is 14.2. The van der Waals surface area contributed by atoms with Gasteiger partial charge in [0.05, 0.1) is 26.2 Å². The highest BCUT2D eigenvalue weighted by molar-refractivity contribution is 7.92. The predicted molar refractivity (Wildman–Crippen MR) is 151 cm³/mol. The van der Waals surface area contributed by atoms with Crippen LogP contribution in [0.3, 0.4) is 0 Å². The molecule has 0 aliphatic heterocycles. The summed E-state index contributed by atoms with van der Waals surface area (Å²) in [7, 11) is 0.486.